The largest absolute Gasteiger partial charge is 0.470 e. The van der Waals surface area contributed by atoms with E-state index in [0.717, 1.165) is 25.3 Å². The van der Waals surface area contributed by atoms with Crippen LogP contribution in [-0.4, -0.2) is 57.6 Å². The van der Waals surface area contributed by atoms with Crippen molar-refractivity contribution in [1.82, 2.24) is 19.4 Å². The molecule has 1 atom stereocenters. The van der Waals surface area contributed by atoms with E-state index < -0.39 is 0 Å². The number of hydrogen-bond acceptors (Lipinski definition) is 5. The van der Waals surface area contributed by atoms with Crippen LogP contribution in [0.1, 0.15) is 30.8 Å². The molecule has 2 aromatic heterocycles. The summed E-state index contributed by atoms with van der Waals surface area (Å²) < 4.78 is 7.95. The first-order valence-electron chi connectivity index (χ1n) is 8.77. The Morgan fingerprint density at radius 1 is 1.32 bits per heavy atom. The first-order chi connectivity index (χ1) is 12.1. The average molecular weight is 343 g/mol. The van der Waals surface area contributed by atoms with Crippen molar-refractivity contribution in [2.24, 2.45) is 7.05 Å². The van der Waals surface area contributed by atoms with Gasteiger partial charge in [-0.25, -0.2) is 9.97 Å². The minimum atomic E-state index is -0.0600. The van der Waals surface area contributed by atoms with Crippen molar-refractivity contribution in [3.05, 3.63) is 36.4 Å². The quantitative estimate of drug-likeness (QED) is 0.802. The van der Waals surface area contributed by atoms with Gasteiger partial charge >= 0.3 is 0 Å². The maximum Gasteiger partial charge on any atom is 0.270 e. The Labute approximate surface area is 148 Å². The van der Waals surface area contributed by atoms with Crippen LogP contribution in [0.4, 0.5) is 5.82 Å². The van der Waals surface area contributed by atoms with Gasteiger partial charge in [0.15, 0.2) is 5.82 Å². The molecule has 3 rings (SSSR count). The zero-order valence-electron chi connectivity index (χ0n) is 15.1. The van der Waals surface area contributed by atoms with Crippen molar-refractivity contribution in [1.29, 1.82) is 0 Å². The number of aromatic nitrogens is 3. The number of anilines is 1. The van der Waals surface area contributed by atoms with E-state index in [0.29, 0.717) is 24.7 Å². The number of hydrogen-bond donors (Lipinski definition) is 0. The minimum Gasteiger partial charge on any atom is -0.470 e. The second-order valence-corrected chi connectivity index (χ2v) is 6.14. The number of likely N-dealkylation sites (tertiary alicyclic amines) is 1. The number of amides is 1. The zero-order valence-corrected chi connectivity index (χ0v) is 15.1. The molecule has 1 aliphatic rings. The van der Waals surface area contributed by atoms with Crippen LogP contribution >= 0.6 is 0 Å². The lowest BCUT2D eigenvalue weighted by atomic mass is 10.3. The van der Waals surface area contributed by atoms with E-state index >= 15 is 0 Å². The fourth-order valence-corrected chi connectivity index (χ4v) is 3.15. The summed E-state index contributed by atoms with van der Waals surface area (Å²) in [4.78, 5) is 25.3. The molecule has 0 radical (unpaired) electrons. The summed E-state index contributed by atoms with van der Waals surface area (Å²) in [5.41, 5.74) is 0.698. The number of nitrogens with zero attached hydrogens (tertiary/aromatic N) is 5. The topological polar surface area (TPSA) is 63.5 Å². The molecule has 3 heterocycles. The summed E-state index contributed by atoms with van der Waals surface area (Å²) in [5, 5.41) is 0. The lowest BCUT2D eigenvalue weighted by molar-refractivity contribution is 0.0762. The molecule has 1 fully saturated rings. The Morgan fingerprint density at radius 3 is 2.76 bits per heavy atom. The van der Waals surface area contributed by atoms with Gasteiger partial charge in [0.25, 0.3) is 11.8 Å². The van der Waals surface area contributed by atoms with E-state index in [2.05, 4.69) is 28.7 Å². The zero-order chi connectivity index (χ0) is 17.8. The monoisotopic (exact) mass is 343 g/mol. The predicted octanol–water partition coefficient (Wildman–Crippen LogP) is 1.95. The summed E-state index contributed by atoms with van der Waals surface area (Å²) in [6.07, 6.45) is 5.94. The van der Waals surface area contributed by atoms with E-state index in [9.17, 15) is 4.79 Å². The van der Waals surface area contributed by atoms with Gasteiger partial charge in [0.1, 0.15) is 11.8 Å². The van der Waals surface area contributed by atoms with Crippen LogP contribution in [0.2, 0.25) is 0 Å². The Morgan fingerprint density at radius 2 is 2.08 bits per heavy atom. The molecule has 0 bridgehead atoms. The third-order valence-corrected chi connectivity index (χ3v) is 4.58. The van der Waals surface area contributed by atoms with Crippen LogP contribution in [0, 0.1) is 0 Å². The molecule has 0 N–H and O–H groups in total. The molecule has 7 heteroatoms. The second-order valence-electron chi connectivity index (χ2n) is 6.14. The first kappa shape index (κ1) is 17.3. The number of rotatable bonds is 6. The maximum atomic E-state index is 12.6. The van der Waals surface area contributed by atoms with Crippen molar-refractivity contribution in [3.63, 3.8) is 0 Å². The lowest BCUT2D eigenvalue weighted by Gasteiger charge is -2.23. The van der Waals surface area contributed by atoms with Gasteiger partial charge in [-0.2, -0.15) is 0 Å². The van der Waals surface area contributed by atoms with Crippen LogP contribution in [0.25, 0.3) is 0 Å². The minimum absolute atomic E-state index is 0.0433. The molecule has 134 valence electrons. The summed E-state index contributed by atoms with van der Waals surface area (Å²) in [6.45, 7) is 7.10. The Hall–Kier alpha value is -2.57. The molecule has 0 aromatic carbocycles. The van der Waals surface area contributed by atoms with Gasteiger partial charge in [-0.05, 0) is 26.0 Å². The maximum absolute atomic E-state index is 12.6. The third kappa shape index (κ3) is 3.60. The molecule has 1 aliphatic heterocycles. The van der Waals surface area contributed by atoms with E-state index in [4.69, 9.17) is 4.74 Å². The van der Waals surface area contributed by atoms with Crippen LogP contribution in [-0.2, 0) is 7.05 Å². The predicted molar refractivity (Wildman–Crippen MR) is 95.9 cm³/mol. The number of carbonyl (C=O) groups is 1. The fourth-order valence-electron chi connectivity index (χ4n) is 3.15. The molecule has 25 heavy (non-hydrogen) atoms. The van der Waals surface area contributed by atoms with E-state index in [1.54, 1.807) is 12.4 Å². The summed E-state index contributed by atoms with van der Waals surface area (Å²) in [6, 6.07) is 3.73. The highest BCUT2D eigenvalue weighted by Crippen LogP contribution is 2.26. The summed E-state index contributed by atoms with van der Waals surface area (Å²) >= 11 is 0. The highest BCUT2D eigenvalue weighted by molar-refractivity contribution is 5.93. The highest BCUT2D eigenvalue weighted by Gasteiger charge is 2.30. The van der Waals surface area contributed by atoms with Crippen LogP contribution in [0.5, 0.6) is 5.88 Å². The van der Waals surface area contributed by atoms with Crippen molar-refractivity contribution in [2.45, 2.75) is 26.4 Å². The van der Waals surface area contributed by atoms with Gasteiger partial charge < -0.3 is 19.1 Å². The molecule has 7 nitrogen and oxygen atoms in total. The average Bonchev–Trinajstić information content (AvgIpc) is 3.26. The fraction of sp³-hybridized carbons (Fsp3) is 0.500. The third-order valence-electron chi connectivity index (χ3n) is 4.58. The molecular formula is C18H25N5O2. The van der Waals surface area contributed by atoms with E-state index in [1.165, 1.54) is 0 Å². The van der Waals surface area contributed by atoms with Crippen molar-refractivity contribution in [3.8, 4) is 5.88 Å². The lowest BCUT2D eigenvalue weighted by Crippen LogP contribution is -2.32. The van der Waals surface area contributed by atoms with Crippen molar-refractivity contribution >= 4 is 11.7 Å². The molecule has 2 aromatic rings. The molecular weight excluding hydrogens is 318 g/mol. The Kier molecular flexibility index (Phi) is 5.21. The van der Waals surface area contributed by atoms with E-state index in [-0.39, 0.29) is 12.0 Å². The Balaban J connectivity index is 1.68. The highest BCUT2D eigenvalue weighted by atomic mass is 16.5. The summed E-state index contributed by atoms with van der Waals surface area (Å²) in [5.74, 6) is 1.35. The normalized spacial score (nSPS) is 16.9. The number of carbonyl (C=O) groups excluding carboxylic acids is 1. The van der Waals surface area contributed by atoms with Crippen LogP contribution < -0.4 is 9.64 Å². The van der Waals surface area contributed by atoms with Crippen LogP contribution in [0.15, 0.2) is 30.7 Å². The molecule has 1 saturated heterocycles. The van der Waals surface area contributed by atoms with Gasteiger partial charge in [0, 0.05) is 51.7 Å². The molecule has 0 spiro atoms. The van der Waals surface area contributed by atoms with Crippen molar-refractivity contribution < 1.29 is 9.53 Å². The standard InChI is InChI=1S/C18H25N5O2/c1-4-22(5-2)16-17(20-10-9-19-16)25-14-8-12-23(13-14)18(24)15-7-6-11-21(15)3/h6-7,9-11,14H,4-5,8,12-13H2,1-3H3. The van der Waals surface area contributed by atoms with Gasteiger partial charge in [-0.1, -0.05) is 0 Å². The smallest absolute Gasteiger partial charge is 0.270 e. The first-order valence-corrected chi connectivity index (χ1v) is 8.77. The second kappa shape index (κ2) is 7.55. The van der Waals surface area contributed by atoms with Gasteiger partial charge in [-0.3, -0.25) is 4.79 Å². The van der Waals surface area contributed by atoms with Gasteiger partial charge in [0.2, 0.25) is 0 Å². The molecule has 0 aliphatic carbocycles. The number of ether oxygens (including phenoxy) is 1. The Bertz CT molecular complexity index is 726. The molecule has 1 amide bonds. The van der Waals surface area contributed by atoms with Gasteiger partial charge in [0.05, 0.1) is 6.54 Å². The van der Waals surface area contributed by atoms with Crippen LogP contribution in [0.3, 0.4) is 0 Å². The van der Waals surface area contributed by atoms with E-state index in [1.807, 2.05) is 34.8 Å². The number of aryl methyl sites for hydroxylation is 1. The molecule has 1 unspecified atom stereocenters. The summed E-state index contributed by atoms with van der Waals surface area (Å²) in [7, 11) is 1.88. The van der Waals surface area contributed by atoms with Gasteiger partial charge in [-0.15, -0.1) is 0 Å². The molecule has 0 saturated carbocycles. The van der Waals surface area contributed by atoms with Crippen molar-refractivity contribution in [2.75, 3.05) is 31.1 Å². The SMILES string of the molecule is CCN(CC)c1nccnc1OC1CCN(C(=O)c2cccn2C)C1.